The maximum atomic E-state index is 11.8. The molecule has 2 aromatic rings. The molecule has 26 heavy (non-hydrogen) atoms. The van der Waals surface area contributed by atoms with Crippen LogP contribution in [0.15, 0.2) is 40.9 Å². The Kier molecular flexibility index (Phi) is 8.31. The molecule has 0 radical (unpaired) electrons. The van der Waals surface area contributed by atoms with Gasteiger partial charge in [0.2, 0.25) is 0 Å². The number of aryl methyl sites for hydroxylation is 1. The number of hydrogen-bond acceptors (Lipinski definition) is 5. The van der Waals surface area contributed by atoms with E-state index in [0.29, 0.717) is 18.0 Å². The van der Waals surface area contributed by atoms with Crippen LogP contribution in [0, 0.1) is 6.92 Å². The largest absolute Gasteiger partial charge is 0.361 e. The van der Waals surface area contributed by atoms with Crippen molar-refractivity contribution in [1.82, 2.24) is 20.3 Å². The maximum absolute atomic E-state index is 11.8. The number of benzene rings is 1. The van der Waals surface area contributed by atoms with Crippen molar-refractivity contribution in [3.63, 3.8) is 0 Å². The lowest BCUT2D eigenvalue weighted by atomic mass is 10.2. The lowest BCUT2D eigenvalue weighted by molar-refractivity contribution is 0.0943. The van der Waals surface area contributed by atoms with Crippen molar-refractivity contribution < 1.29 is 9.32 Å². The molecule has 0 aliphatic rings. The van der Waals surface area contributed by atoms with Gasteiger partial charge in [0.05, 0.1) is 0 Å². The van der Waals surface area contributed by atoms with Crippen LogP contribution >= 0.6 is 0 Å². The molecule has 2 rings (SSSR count). The normalized spacial score (nSPS) is 11.3. The number of nitrogens with one attached hydrogen (secondary N) is 1. The van der Waals surface area contributed by atoms with Crippen LogP contribution < -0.4 is 5.32 Å². The molecule has 0 fully saturated rings. The van der Waals surface area contributed by atoms with Gasteiger partial charge in [-0.15, -0.1) is 0 Å². The summed E-state index contributed by atoms with van der Waals surface area (Å²) in [6, 6.07) is 12.2. The van der Waals surface area contributed by atoms with Gasteiger partial charge in [0.1, 0.15) is 5.76 Å². The number of aromatic nitrogens is 1. The fraction of sp³-hybridized carbons (Fsp3) is 0.500. The van der Waals surface area contributed by atoms with Gasteiger partial charge in [-0.2, -0.15) is 0 Å². The highest BCUT2D eigenvalue weighted by Gasteiger charge is 2.10. The summed E-state index contributed by atoms with van der Waals surface area (Å²) in [4.78, 5) is 16.5. The van der Waals surface area contributed by atoms with E-state index >= 15 is 0 Å². The zero-order chi connectivity index (χ0) is 18.8. The van der Waals surface area contributed by atoms with Gasteiger partial charge >= 0.3 is 0 Å². The third-order valence-corrected chi connectivity index (χ3v) is 4.24. The summed E-state index contributed by atoms with van der Waals surface area (Å²) in [5, 5.41) is 6.59. The summed E-state index contributed by atoms with van der Waals surface area (Å²) in [6.07, 6.45) is 2.04. The molecule has 0 bridgehead atoms. The summed E-state index contributed by atoms with van der Waals surface area (Å²) in [7, 11) is 4.29. The van der Waals surface area contributed by atoms with Crippen LogP contribution in [0.4, 0.5) is 0 Å². The third-order valence-electron chi connectivity index (χ3n) is 4.24. The highest BCUT2D eigenvalue weighted by molar-refractivity contribution is 5.92. The Morgan fingerprint density at radius 1 is 1.08 bits per heavy atom. The second kappa shape index (κ2) is 10.7. The highest BCUT2D eigenvalue weighted by atomic mass is 16.5. The molecule has 0 aliphatic carbocycles. The first-order chi connectivity index (χ1) is 12.5. The van der Waals surface area contributed by atoms with E-state index in [-0.39, 0.29) is 5.91 Å². The fourth-order valence-corrected chi connectivity index (χ4v) is 2.81. The molecule has 6 nitrogen and oxygen atoms in total. The van der Waals surface area contributed by atoms with E-state index in [2.05, 4.69) is 58.6 Å². The first kappa shape index (κ1) is 20.1. The minimum atomic E-state index is -0.174. The Hall–Kier alpha value is -2.18. The molecule has 1 aromatic carbocycles. The predicted molar refractivity (Wildman–Crippen MR) is 103 cm³/mol. The molecule has 0 saturated heterocycles. The molecule has 1 amide bonds. The van der Waals surface area contributed by atoms with Crippen LogP contribution in [0.1, 0.15) is 34.7 Å². The summed E-state index contributed by atoms with van der Waals surface area (Å²) in [5.74, 6) is 0.471. The van der Waals surface area contributed by atoms with Crippen molar-refractivity contribution >= 4 is 5.91 Å². The van der Waals surface area contributed by atoms with Crippen LogP contribution in [0.25, 0.3) is 0 Å². The smallest absolute Gasteiger partial charge is 0.273 e. The predicted octanol–water partition coefficient (Wildman–Crippen LogP) is 2.56. The molecule has 0 aliphatic heterocycles. The van der Waals surface area contributed by atoms with Crippen LogP contribution in [-0.2, 0) is 6.54 Å². The maximum Gasteiger partial charge on any atom is 0.273 e. The number of carbonyl (C=O) groups excluding carboxylic acids is 1. The quantitative estimate of drug-likeness (QED) is 0.626. The number of carbonyl (C=O) groups is 1. The van der Waals surface area contributed by atoms with E-state index in [0.717, 1.165) is 39.0 Å². The van der Waals surface area contributed by atoms with Gasteiger partial charge in [-0.1, -0.05) is 35.5 Å². The highest BCUT2D eigenvalue weighted by Crippen LogP contribution is 2.03. The van der Waals surface area contributed by atoms with E-state index in [1.54, 1.807) is 13.0 Å². The van der Waals surface area contributed by atoms with Crippen LogP contribution in [0.3, 0.4) is 0 Å². The second-order valence-corrected chi connectivity index (χ2v) is 6.81. The van der Waals surface area contributed by atoms with Crippen molar-refractivity contribution in [2.75, 3.05) is 40.3 Å². The number of hydrogen-bond donors (Lipinski definition) is 1. The average Bonchev–Trinajstić information content (AvgIpc) is 3.06. The molecule has 6 heteroatoms. The molecule has 0 spiro atoms. The van der Waals surface area contributed by atoms with Crippen molar-refractivity contribution in [3.8, 4) is 0 Å². The first-order valence-electron chi connectivity index (χ1n) is 9.17. The summed E-state index contributed by atoms with van der Waals surface area (Å²) in [5.41, 5.74) is 1.69. The third kappa shape index (κ3) is 7.37. The molecule has 0 atom stereocenters. The molecule has 142 valence electrons. The zero-order valence-electron chi connectivity index (χ0n) is 16.1. The Morgan fingerprint density at radius 2 is 1.77 bits per heavy atom. The van der Waals surface area contributed by atoms with E-state index in [1.165, 1.54) is 5.56 Å². The van der Waals surface area contributed by atoms with Crippen molar-refractivity contribution in [3.05, 3.63) is 53.4 Å². The molecular formula is C20H30N4O2. The van der Waals surface area contributed by atoms with Crippen LogP contribution in [0.2, 0.25) is 0 Å². The van der Waals surface area contributed by atoms with Crippen molar-refractivity contribution in [2.24, 2.45) is 0 Å². The number of amides is 1. The molecule has 1 aromatic heterocycles. The van der Waals surface area contributed by atoms with Gasteiger partial charge in [-0.25, -0.2) is 0 Å². The van der Waals surface area contributed by atoms with Crippen molar-refractivity contribution in [2.45, 2.75) is 26.3 Å². The minimum Gasteiger partial charge on any atom is -0.361 e. The molecular weight excluding hydrogens is 328 g/mol. The van der Waals surface area contributed by atoms with E-state index in [9.17, 15) is 4.79 Å². The molecule has 0 unspecified atom stereocenters. The molecule has 1 heterocycles. The van der Waals surface area contributed by atoms with Gasteiger partial charge in [0.15, 0.2) is 5.69 Å². The fourth-order valence-electron chi connectivity index (χ4n) is 2.81. The van der Waals surface area contributed by atoms with E-state index in [1.807, 2.05) is 6.07 Å². The van der Waals surface area contributed by atoms with Crippen molar-refractivity contribution in [1.29, 1.82) is 0 Å². The van der Waals surface area contributed by atoms with Crippen LogP contribution in [0.5, 0.6) is 0 Å². The summed E-state index contributed by atoms with van der Waals surface area (Å²) < 4.78 is 4.91. The lowest BCUT2D eigenvalue weighted by Crippen LogP contribution is -2.30. The van der Waals surface area contributed by atoms with Gasteiger partial charge in [0.25, 0.3) is 5.91 Å². The van der Waals surface area contributed by atoms with E-state index in [4.69, 9.17) is 4.52 Å². The average molecular weight is 358 g/mol. The monoisotopic (exact) mass is 358 g/mol. The Bertz CT molecular complexity index is 657. The van der Waals surface area contributed by atoms with E-state index < -0.39 is 0 Å². The van der Waals surface area contributed by atoms with Crippen LogP contribution in [-0.4, -0.2) is 61.1 Å². The molecule has 1 N–H and O–H groups in total. The topological polar surface area (TPSA) is 61.6 Å². The van der Waals surface area contributed by atoms with Gasteiger partial charge in [-0.05, 0) is 59.1 Å². The summed E-state index contributed by atoms with van der Waals surface area (Å²) >= 11 is 0. The Morgan fingerprint density at radius 3 is 2.46 bits per heavy atom. The summed E-state index contributed by atoms with van der Waals surface area (Å²) in [6.45, 7) is 6.48. The Balaban J connectivity index is 1.52. The van der Waals surface area contributed by atoms with Gasteiger partial charge in [0, 0.05) is 19.2 Å². The SMILES string of the molecule is Cc1cc(C(=O)NCCCN(C)CCCN(C)Cc2ccccc2)no1. The molecule has 0 saturated carbocycles. The van der Waals surface area contributed by atoms with Gasteiger partial charge < -0.3 is 19.6 Å². The lowest BCUT2D eigenvalue weighted by Gasteiger charge is -2.20. The zero-order valence-corrected chi connectivity index (χ0v) is 16.1. The Labute approximate surface area is 156 Å². The second-order valence-electron chi connectivity index (χ2n) is 6.81. The van der Waals surface area contributed by atoms with Gasteiger partial charge in [-0.3, -0.25) is 4.79 Å². The minimum absolute atomic E-state index is 0.174. The standard InChI is InChI=1S/C20H30N4O2/c1-17-15-19(22-26-17)20(25)21-11-7-12-23(2)13-8-14-24(3)16-18-9-5-4-6-10-18/h4-6,9-10,15H,7-8,11-14,16H2,1-3H3,(H,21,25). The number of rotatable bonds is 11. The first-order valence-corrected chi connectivity index (χ1v) is 9.17. The number of nitrogens with zero attached hydrogens (tertiary/aromatic N) is 3.